The lowest BCUT2D eigenvalue weighted by Gasteiger charge is -1.95. The van der Waals surface area contributed by atoms with Crippen LogP contribution in [-0.2, 0) is 0 Å². The number of unbranched alkanes of at least 4 members (excludes halogenated alkanes) is 2. The van der Waals surface area contributed by atoms with Crippen molar-refractivity contribution in [3.8, 4) is 0 Å². The second-order valence-corrected chi connectivity index (χ2v) is 2.73. The van der Waals surface area contributed by atoms with Gasteiger partial charge in [0, 0.05) is 0 Å². The Bertz CT molecular complexity index is 212. The molecule has 1 rings (SSSR count). The van der Waals surface area contributed by atoms with Crippen LogP contribution >= 0.6 is 0 Å². The van der Waals surface area contributed by atoms with Crippen LogP contribution in [0, 0.1) is 0 Å². The molecule has 0 saturated heterocycles. The van der Waals surface area contributed by atoms with Crippen LogP contribution in [0.1, 0.15) is 25.7 Å². The molecule has 0 amide bonds. The molecule has 0 aromatic carbocycles. The van der Waals surface area contributed by atoms with Gasteiger partial charge in [0.15, 0.2) is 0 Å². The van der Waals surface area contributed by atoms with Crippen molar-refractivity contribution in [1.29, 1.82) is 0 Å². The van der Waals surface area contributed by atoms with Gasteiger partial charge in [-0.2, -0.15) is 0 Å². The lowest BCUT2D eigenvalue weighted by molar-refractivity contribution is 0.751. The molecule has 0 atom stereocenters. The Kier molecular flexibility index (Phi) is 3.51. The zero-order chi connectivity index (χ0) is 7.94. The van der Waals surface area contributed by atoms with Gasteiger partial charge in [-0.3, -0.25) is 0 Å². The fraction of sp³-hybridized carbons (Fsp3) is 0.364. The van der Waals surface area contributed by atoms with Crippen molar-refractivity contribution in [3.05, 3.63) is 42.2 Å². The zero-order valence-corrected chi connectivity index (χ0v) is 6.84. The van der Waals surface area contributed by atoms with Gasteiger partial charge in [-0.05, 0) is 37.3 Å². The van der Waals surface area contributed by atoms with Crippen LogP contribution in [0.2, 0.25) is 0 Å². The van der Waals surface area contributed by atoms with Gasteiger partial charge < -0.3 is 0 Å². The van der Waals surface area contributed by atoms with Gasteiger partial charge in [0.2, 0.25) is 0 Å². The van der Waals surface area contributed by atoms with Gasteiger partial charge in [0.25, 0.3) is 0 Å². The third kappa shape index (κ3) is 3.06. The van der Waals surface area contributed by atoms with Crippen molar-refractivity contribution in [2.24, 2.45) is 0 Å². The summed E-state index contributed by atoms with van der Waals surface area (Å²) in [6.07, 6.45) is 12.9. The summed E-state index contributed by atoms with van der Waals surface area (Å²) in [7, 11) is 0. The Balaban J connectivity index is 2.08. The van der Waals surface area contributed by atoms with E-state index in [0.717, 1.165) is 6.42 Å². The van der Waals surface area contributed by atoms with Crippen LogP contribution in [0.15, 0.2) is 42.2 Å². The summed E-state index contributed by atoms with van der Waals surface area (Å²) in [6.45, 7) is 3.69. The minimum absolute atomic E-state index is 1.14. The molecule has 0 fully saturated rings. The van der Waals surface area contributed by atoms with E-state index in [4.69, 9.17) is 0 Å². The summed E-state index contributed by atoms with van der Waals surface area (Å²) in [6, 6.07) is 0. The minimum atomic E-state index is 1.14. The summed E-state index contributed by atoms with van der Waals surface area (Å²) in [4.78, 5) is 0. The van der Waals surface area contributed by atoms with Gasteiger partial charge in [-0.1, -0.05) is 18.2 Å². The summed E-state index contributed by atoms with van der Waals surface area (Å²) in [5.41, 5.74) is 4.53. The van der Waals surface area contributed by atoms with Crippen LogP contribution in [0.4, 0.5) is 0 Å². The first kappa shape index (κ1) is 8.10. The van der Waals surface area contributed by atoms with Gasteiger partial charge in [0.05, 0.1) is 0 Å². The molecule has 0 radical (unpaired) electrons. The fourth-order valence-corrected chi connectivity index (χ4v) is 1.13. The number of rotatable bonds is 5. The molecule has 0 heterocycles. The molecule has 0 heteroatoms. The van der Waals surface area contributed by atoms with Gasteiger partial charge in [0.1, 0.15) is 0 Å². The molecule has 0 bridgehead atoms. The van der Waals surface area contributed by atoms with Gasteiger partial charge >= 0.3 is 0 Å². The van der Waals surface area contributed by atoms with Crippen LogP contribution in [0.25, 0.3) is 0 Å². The minimum Gasteiger partial charge on any atom is -0.117 e. The smallest absolute Gasteiger partial charge is 0.00601 e. The monoisotopic (exact) mass is 146 g/mol. The second kappa shape index (κ2) is 4.76. The van der Waals surface area contributed by atoms with Crippen molar-refractivity contribution in [1.82, 2.24) is 0 Å². The number of hydrogen-bond acceptors (Lipinski definition) is 0. The maximum absolute atomic E-state index is 3.69. The highest BCUT2D eigenvalue weighted by Gasteiger charge is 1.93. The predicted octanol–water partition coefficient (Wildman–Crippen LogP) is 3.38. The van der Waals surface area contributed by atoms with Crippen LogP contribution in [0.5, 0.6) is 0 Å². The third-order valence-electron chi connectivity index (χ3n) is 1.77. The molecule has 0 spiro atoms. The standard InChI is InChI=1S/C11H14/c1-2-3-4-5-8-11-9-6-7-10-11/h2,6-7,9H,1,3-5,8H2. The van der Waals surface area contributed by atoms with E-state index in [-0.39, 0.29) is 0 Å². The Morgan fingerprint density at radius 2 is 2.36 bits per heavy atom. The van der Waals surface area contributed by atoms with Crippen molar-refractivity contribution in [2.75, 3.05) is 0 Å². The molecule has 0 unspecified atom stereocenters. The lowest BCUT2D eigenvalue weighted by atomic mass is 10.1. The van der Waals surface area contributed by atoms with Crippen molar-refractivity contribution < 1.29 is 0 Å². The molecular formula is C11H14. The molecule has 11 heavy (non-hydrogen) atoms. The van der Waals surface area contributed by atoms with Crippen LogP contribution in [-0.4, -0.2) is 0 Å². The van der Waals surface area contributed by atoms with E-state index in [1.807, 2.05) is 18.2 Å². The molecule has 0 aromatic rings. The second-order valence-electron chi connectivity index (χ2n) is 2.73. The first-order chi connectivity index (χ1) is 5.43. The lowest BCUT2D eigenvalue weighted by Crippen LogP contribution is -1.76. The predicted molar refractivity (Wildman–Crippen MR) is 49.4 cm³/mol. The Morgan fingerprint density at radius 1 is 1.45 bits per heavy atom. The third-order valence-corrected chi connectivity index (χ3v) is 1.77. The van der Waals surface area contributed by atoms with Crippen LogP contribution < -0.4 is 0 Å². The van der Waals surface area contributed by atoms with E-state index in [1.165, 1.54) is 24.8 Å². The molecule has 0 nitrogen and oxygen atoms in total. The summed E-state index contributed by atoms with van der Waals surface area (Å²) >= 11 is 0. The topological polar surface area (TPSA) is 0 Å². The summed E-state index contributed by atoms with van der Waals surface area (Å²) < 4.78 is 0. The Morgan fingerprint density at radius 3 is 3.00 bits per heavy atom. The normalized spacial score (nSPS) is 13.6. The van der Waals surface area contributed by atoms with Gasteiger partial charge in [-0.25, -0.2) is 0 Å². The van der Waals surface area contributed by atoms with Crippen molar-refractivity contribution in [3.63, 3.8) is 0 Å². The van der Waals surface area contributed by atoms with E-state index in [2.05, 4.69) is 18.4 Å². The summed E-state index contributed by atoms with van der Waals surface area (Å²) in [5.74, 6) is 0. The Labute approximate surface area is 68.6 Å². The van der Waals surface area contributed by atoms with Crippen molar-refractivity contribution in [2.45, 2.75) is 25.7 Å². The first-order valence-corrected chi connectivity index (χ1v) is 4.16. The molecule has 1 aliphatic carbocycles. The van der Waals surface area contributed by atoms with Crippen molar-refractivity contribution >= 4 is 0 Å². The first-order valence-electron chi connectivity index (χ1n) is 4.16. The quantitative estimate of drug-likeness (QED) is 0.317. The Hall–Kier alpha value is -1.00. The molecule has 0 aromatic heterocycles. The van der Waals surface area contributed by atoms with E-state index in [0.29, 0.717) is 0 Å². The molecular weight excluding hydrogens is 132 g/mol. The average molecular weight is 146 g/mol. The molecule has 58 valence electrons. The number of hydrogen-bond donors (Lipinski definition) is 0. The largest absolute Gasteiger partial charge is 0.117 e. The molecule has 1 aliphatic rings. The molecule has 0 N–H and O–H groups in total. The van der Waals surface area contributed by atoms with E-state index < -0.39 is 0 Å². The fourth-order valence-electron chi connectivity index (χ4n) is 1.13. The molecule has 0 aliphatic heterocycles. The van der Waals surface area contributed by atoms with Crippen LogP contribution in [0.3, 0.4) is 0 Å². The SMILES string of the molecule is C=CCCCCC1=C=CC=C1. The zero-order valence-electron chi connectivity index (χ0n) is 6.84. The molecule has 0 saturated carbocycles. The highest BCUT2D eigenvalue weighted by atomic mass is 14.0. The highest BCUT2D eigenvalue weighted by Crippen LogP contribution is 2.11. The summed E-state index contributed by atoms with van der Waals surface area (Å²) in [5, 5.41) is 0. The van der Waals surface area contributed by atoms with E-state index in [1.54, 1.807) is 0 Å². The number of allylic oxidation sites excluding steroid dienone is 4. The average Bonchev–Trinajstić information content (AvgIpc) is 2.50. The van der Waals surface area contributed by atoms with E-state index in [9.17, 15) is 0 Å². The van der Waals surface area contributed by atoms with Gasteiger partial charge in [-0.15, -0.1) is 12.3 Å². The highest BCUT2D eigenvalue weighted by molar-refractivity contribution is 5.28. The maximum Gasteiger partial charge on any atom is -0.00601 e. The maximum atomic E-state index is 3.69. The van der Waals surface area contributed by atoms with E-state index >= 15 is 0 Å².